The molecule has 0 radical (unpaired) electrons. The fraction of sp³-hybridized carbons (Fsp3) is 0.423. The summed E-state index contributed by atoms with van der Waals surface area (Å²) in [5, 5.41) is 22.8. The molecule has 188 valence electrons. The number of nitrogens with zero attached hydrogens (tertiary/aromatic N) is 7. The predicted octanol–water partition coefficient (Wildman–Crippen LogP) is 2.15. The van der Waals surface area contributed by atoms with E-state index in [0.717, 1.165) is 54.7 Å². The Bertz CT molecular complexity index is 1440. The zero-order valence-corrected chi connectivity index (χ0v) is 20.4. The topological polar surface area (TPSA) is 139 Å². The van der Waals surface area contributed by atoms with Crippen molar-refractivity contribution >= 4 is 11.9 Å². The molecule has 11 nitrogen and oxygen atoms in total. The molecule has 1 aliphatic heterocycles. The number of amides is 1. The maximum absolute atomic E-state index is 12.9. The molecule has 1 atom stereocenters. The van der Waals surface area contributed by atoms with Gasteiger partial charge in [-0.15, -0.1) is 15.3 Å². The van der Waals surface area contributed by atoms with Gasteiger partial charge in [0.05, 0.1) is 29.5 Å². The Balaban J connectivity index is 1.05. The van der Waals surface area contributed by atoms with E-state index in [1.165, 1.54) is 11.1 Å². The van der Waals surface area contributed by atoms with E-state index in [9.17, 15) is 4.79 Å². The van der Waals surface area contributed by atoms with Gasteiger partial charge in [-0.1, -0.05) is 29.5 Å². The Kier molecular flexibility index (Phi) is 5.40. The molecule has 11 heteroatoms. The second-order valence-electron chi connectivity index (χ2n) is 10.1. The van der Waals surface area contributed by atoms with Crippen LogP contribution >= 0.6 is 0 Å². The van der Waals surface area contributed by atoms with Crippen molar-refractivity contribution in [3.05, 3.63) is 76.0 Å². The average molecular weight is 498 g/mol. The number of rotatable bonds is 5. The van der Waals surface area contributed by atoms with Crippen LogP contribution < -0.4 is 5.32 Å². The fourth-order valence-electron chi connectivity index (χ4n) is 5.74. The first-order valence-electron chi connectivity index (χ1n) is 12.9. The summed E-state index contributed by atoms with van der Waals surface area (Å²) >= 11 is 0. The third-order valence-corrected chi connectivity index (χ3v) is 7.66. The van der Waals surface area contributed by atoms with Gasteiger partial charge in [0.15, 0.2) is 0 Å². The van der Waals surface area contributed by atoms with E-state index < -0.39 is 0 Å². The number of aromatic amines is 1. The number of hydrogen-bond acceptors (Lipinski definition) is 9. The highest BCUT2D eigenvalue weighted by Gasteiger charge is 2.31. The molecule has 37 heavy (non-hydrogen) atoms. The Morgan fingerprint density at radius 2 is 1.97 bits per heavy atom. The number of nitrogens with one attached hydrogen (secondary N) is 2. The molecule has 0 saturated heterocycles. The van der Waals surface area contributed by atoms with Crippen molar-refractivity contribution in [2.75, 3.05) is 11.9 Å². The van der Waals surface area contributed by atoms with Crippen LogP contribution in [0.2, 0.25) is 0 Å². The minimum Gasteiger partial charge on any atom is -0.424 e. The Morgan fingerprint density at radius 3 is 2.84 bits per heavy atom. The lowest BCUT2D eigenvalue weighted by Crippen LogP contribution is -2.37. The van der Waals surface area contributed by atoms with Crippen molar-refractivity contribution in [3.8, 4) is 0 Å². The molecule has 0 bridgehead atoms. The molecule has 0 unspecified atom stereocenters. The first-order valence-corrected chi connectivity index (χ1v) is 12.9. The third kappa shape index (κ3) is 4.24. The number of anilines is 1. The van der Waals surface area contributed by atoms with E-state index in [2.05, 4.69) is 60.2 Å². The summed E-state index contributed by atoms with van der Waals surface area (Å²) in [4.78, 5) is 24.2. The van der Waals surface area contributed by atoms with Crippen molar-refractivity contribution < 1.29 is 9.21 Å². The van der Waals surface area contributed by atoms with Crippen molar-refractivity contribution in [2.45, 2.75) is 63.5 Å². The fourth-order valence-corrected chi connectivity index (χ4v) is 5.74. The summed E-state index contributed by atoms with van der Waals surface area (Å²) in [6.07, 6.45) is 7.42. The van der Waals surface area contributed by atoms with Gasteiger partial charge in [-0.2, -0.15) is 0 Å². The van der Waals surface area contributed by atoms with Gasteiger partial charge in [-0.3, -0.25) is 9.89 Å². The molecular formula is C26H27N9O2. The summed E-state index contributed by atoms with van der Waals surface area (Å²) in [6.45, 7) is 1.07. The average Bonchev–Trinajstić information content (AvgIpc) is 3.67. The summed E-state index contributed by atoms with van der Waals surface area (Å²) in [5.74, 6) is 1.33. The largest absolute Gasteiger partial charge is 0.424 e. The highest BCUT2D eigenvalue weighted by molar-refractivity contribution is 5.78. The molecular weight excluding hydrogens is 470 g/mol. The monoisotopic (exact) mass is 497 g/mol. The number of H-pyrrole nitrogens is 1. The van der Waals surface area contributed by atoms with Gasteiger partial charge in [0.2, 0.25) is 23.6 Å². The molecule has 3 aliphatic rings. The first kappa shape index (κ1) is 22.1. The maximum atomic E-state index is 12.9. The lowest BCUT2D eigenvalue weighted by atomic mass is 9.87. The number of aryl methyl sites for hydroxylation is 1. The van der Waals surface area contributed by atoms with Crippen LogP contribution in [0.3, 0.4) is 0 Å². The van der Waals surface area contributed by atoms with Crippen LogP contribution in [0.1, 0.15) is 64.3 Å². The summed E-state index contributed by atoms with van der Waals surface area (Å²) in [6, 6.07) is 8.84. The van der Waals surface area contributed by atoms with Crippen LogP contribution in [0.25, 0.3) is 0 Å². The molecule has 4 heterocycles. The molecule has 7 rings (SSSR count). The highest BCUT2D eigenvalue weighted by atomic mass is 16.4. The number of carbonyl (C=O) groups excluding carboxylic acids is 1. The van der Waals surface area contributed by atoms with E-state index in [1.807, 2.05) is 6.20 Å². The number of benzene rings is 1. The predicted molar refractivity (Wildman–Crippen MR) is 132 cm³/mol. The maximum Gasteiger partial charge on any atom is 0.232 e. The van der Waals surface area contributed by atoms with Gasteiger partial charge in [0.1, 0.15) is 6.42 Å². The normalized spacial score (nSPS) is 18.8. The molecule has 1 amide bonds. The Morgan fingerprint density at radius 1 is 1.11 bits per heavy atom. The van der Waals surface area contributed by atoms with Crippen molar-refractivity contribution in [2.24, 2.45) is 0 Å². The lowest BCUT2D eigenvalue weighted by molar-refractivity contribution is -0.131. The number of hydrogen-bond donors (Lipinski definition) is 2. The SMILES string of the molecule is O=C(Cc1nnc([C@@H]2CCCc3cnc(NC4Cc5ccccc5C4)nc32)o1)N1CCc2nn[nH]c2C1. The van der Waals surface area contributed by atoms with Crippen LogP contribution in [0.4, 0.5) is 5.95 Å². The molecule has 1 aromatic carbocycles. The van der Waals surface area contributed by atoms with E-state index >= 15 is 0 Å². The summed E-state index contributed by atoms with van der Waals surface area (Å²) in [5.41, 5.74) is 6.63. The van der Waals surface area contributed by atoms with Crippen LogP contribution in [0.15, 0.2) is 34.9 Å². The van der Waals surface area contributed by atoms with E-state index in [1.54, 1.807) is 4.90 Å². The lowest BCUT2D eigenvalue weighted by Gasteiger charge is -2.25. The van der Waals surface area contributed by atoms with E-state index in [0.29, 0.717) is 37.2 Å². The van der Waals surface area contributed by atoms with Crippen molar-refractivity contribution in [3.63, 3.8) is 0 Å². The van der Waals surface area contributed by atoms with E-state index in [-0.39, 0.29) is 24.3 Å². The number of carbonyl (C=O) groups is 1. The molecule has 0 saturated carbocycles. The van der Waals surface area contributed by atoms with Gasteiger partial charge >= 0.3 is 0 Å². The standard InChI is InChI=1S/C26H27N9O2/c36-23(35-9-8-20-21(14-35)31-34-30-20)12-22-32-33-25(37-22)19-7-3-6-17-13-27-26(29-24(17)19)28-18-10-15-4-1-2-5-16(15)11-18/h1-2,4-5,13,18-19H,3,6-12,14H2,(H,27,28,29)(H,30,31,34)/t19-/m1/s1. The zero-order chi connectivity index (χ0) is 24.8. The van der Waals surface area contributed by atoms with Gasteiger partial charge in [-0.05, 0) is 48.8 Å². The summed E-state index contributed by atoms with van der Waals surface area (Å²) in [7, 11) is 0. The van der Waals surface area contributed by atoms with Crippen molar-refractivity contribution in [1.29, 1.82) is 0 Å². The summed E-state index contributed by atoms with van der Waals surface area (Å²) < 4.78 is 6.03. The van der Waals surface area contributed by atoms with Crippen LogP contribution in [0.5, 0.6) is 0 Å². The van der Waals surface area contributed by atoms with Crippen LogP contribution in [0, 0.1) is 0 Å². The van der Waals surface area contributed by atoms with Crippen LogP contribution in [-0.4, -0.2) is 59.0 Å². The molecule has 2 N–H and O–H groups in total. The smallest absolute Gasteiger partial charge is 0.232 e. The Hall–Kier alpha value is -4.15. The minimum absolute atomic E-state index is 0.0501. The molecule has 0 fully saturated rings. The first-order chi connectivity index (χ1) is 18.2. The van der Waals surface area contributed by atoms with Gasteiger partial charge in [0.25, 0.3) is 0 Å². The second-order valence-corrected chi connectivity index (χ2v) is 10.1. The van der Waals surface area contributed by atoms with Gasteiger partial charge in [-0.25, -0.2) is 9.97 Å². The Labute approximate surface area is 213 Å². The molecule has 4 aromatic rings. The van der Waals surface area contributed by atoms with E-state index in [4.69, 9.17) is 9.40 Å². The highest BCUT2D eigenvalue weighted by Crippen LogP contribution is 2.35. The van der Waals surface area contributed by atoms with Gasteiger partial charge < -0.3 is 14.6 Å². The van der Waals surface area contributed by atoms with Gasteiger partial charge in [0, 0.05) is 25.2 Å². The number of fused-ring (bicyclic) bond motifs is 3. The third-order valence-electron chi connectivity index (χ3n) is 7.66. The van der Waals surface area contributed by atoms with Crippen molar-refractivity contribution in [1.82, 2.24) is 40.5 Å². The number of aromatic nitrogens is 7. The zero-order valence-electron chi connectivity index (χ0n) is 20.4. The quantitative estimate of drug-likeness (QED) is 0.425. The molecule has 2 aliphatic carbocycles. The molecule has 3 aromatic heterocycles. The molecule has 0 spiro atoms. The second kappa shape index (κ2) is 9.06. The minimum atomic E-state index is -0.0990. The van der Waals surface area contributed by atoms with Crippen LogP contribution in [-0.2, 0) is 43.4 Å².